The third-order valence-corrected chi connectivity index (χ3v) is 5.47. The van der Waals surface area contributed by atoms with Crippen molar-refractivity contribution >= 4 is 21.4 Å². The third-order valence-electron chi connectivity index (χ3n) is 3.26. The molecular weight excluding hydrogens is 288 g/mol. The van der Waals surface area contributed by atoms with Crippen LogP contribution in [-0.2, 0) is 14.6 Å². The lowest BCUT2D eigenvalue weighted by atomic mass is 10.1. The highest BCUT2D eigenvalue weighted by Crippen LogP contribution is 2.17. The van der Waals surface area contributed by atoms with Crippen molar-refractivity contribution in [1.82, 2.24) is 5.32 Å². The summed E-state index contributed by atoms with van der Waals surface area (Å²) in [5.41, 5.74) is 1.74. The van der Waals surface area contributed by atoms with Gasteiger partial charge in [0.15, 0.2) is 9.84 Å². The first kappa shape index (κ1) is 17.7. The van der Waals surface area contributed by atoms with E-state index in [9.17, 15) is 13.2 Å². The molecule has 6 heteroatoms. The van der Waals surface area contributed by atoms with Gasteiger partial charge in [0.1, 0.15) is 0 Å². The molecule has 0 saturated heterocycles. The second-order valence-corrected chi connectivity index (χ2v) is 8.07. The van der Waals surface area contributed by atoms with E-state index in [1.807, 2.05) is 31.2 Å². The standard InChI is InChI=1S/C15H24N2O3S/c1-11(2)21(19,20)9-8-16-12(3)14-6-5-7-15(10-14)17-13(4)18/h5-7,10-12,16H,8-9H2,1-4H3,(H,17,18). The first-order valence-electron chi connectivity index (χ1n) is 7.05. The van der Waals surface area contributed by atoms with Crippen molar-refractivity contribution in [1.29, 1.82) is 0 Å². The molecule has 1 unspecified atom stereocenters. The number of rotatable bonds is 7. The van der Waals surface area contributed by atoms with Crippen molar-refractivity contribution in [3.05, 3.63) is 29.8 Å². The first-order chi connectivity index (χ1) is 9.72. The maximum atomic E-state index is 11.7. The van der Waals surface area contributed by atoms with Crippen molar-refractivity contribution in [2.45, 2.75) is 39.0 Å². The summed E-state index contributed by atoms with van der Waals surface area (Å²) in [7, 11) is -3.02. The molecule has 0 aliphatic carbocycles. The minimum atomic E-state index is -3.02. The van der Waals surface area contributed by atoms with E-state index in [-0.39, 0.29) is 23.0 Å². The van der Waals surface area contributed by atoms with Crippen LogP contribution in [0.15, 0.2) is 24.3 Å². The Balaban J connectivity index is 2.60. The maximum absolute atomic E-state index is 11.7. The summed E-state index contributed by atoms with van der Waals surface area (Å²) >= 11 is 0. The summed E-state index contributed by atoms with van der Waals surface area (Å²) in [5, 5.41) is 5.58. The van der Waals surface area contributed by atoms with E-state index in [0.29, 0.717) is 6.54 Å². The Bertz CT molecular complexity index is 582. The number of benzene rings is 1. The minimum Gasteiger partial charge on any atom is -0.326 e. The number of nitrogens with one attached hydrogen (secondary N) is 2. The Kier molecular flexibility index (Phi) is 6.36. The second-order valence-electron chi connectivity index (χ2n) is 5.40. The zero-order valence-electron chi connectivity index (χ0n) is 13.0. The van der Waals surface area contributed by atoms with E-state index < -0.39 is 9.84 Å². The van der Waals surface area contributed by atoms with E-state index in [2.05, 4.69) is 10.6 Å². The van der Waals surface area contributed by atoms with Gasteiger partial charge in [0, 0.05) is 25.2 Å². The van der Waals surface area contributed by atoms with Crippen LogP contribution in [0.4, 0.5) is 5.69 Å². The van der Waals surface area contributed by atoms with Crippen LogP contribution in [-0.4, -0.2) is 31.9 Å². The smallest absolute Gasteiger partial charge is 0.221 e. The Labute approximate surface area is 127 Å². The van der Waals surface area contributed by atoms with Crippen molar-refractivity contribution in [2.24, 2.45) is 0 Å². The monoisotopic (exact) mass is 312 g/mol. The van der Waals surface area contributed by atoms with Crippen LogP contribution >= 0.6 is 0 Å². The predicted octanol–water partition coefficient (Wildman–Crippen LogP) is 2.12. The Morgan fingerprint density at radius 2 is 1.90 bits per heavy atom. The molecule has 0 fully saturated rings. The predicted molar refractivity (Wildman–Crippen MR) is 86.1 cm³/mol. The van der Waals surface area contributed by atoms with Crippen molar-refractivity contribution in [2.75, 3.05) is 17.6 Å². The Hall–Kier alpha value is -1.40. The molecule has 0 aliphatic heterocycles. The lowest BCUT2D eigenvalue weighted by Crippen LogP contribution is -2.29. The molecular formula is C15H24N2O3S. The molecule has 1 amide bonds. The first-order valence-corrected chi connectivity index (χ1v) is 8.76. The van der Waals surface area contributed by atoms with Crippen LogP contribution in [0.1, 0.15) is 39.3 Å². The van der Waals surface area contributed by atoms with Gasteiger partial charge in [-0.1, -0.05) is 12.1 Å². The van der Waals surface area contributed by atoms with E-state index in [1.54, 1.807) is 13.8 Å². The summed E-state index contributed by atoms with van der Waals surface area (Å²) in [5.74, 6) is 0.0104. The van der Waals surface area contributed by atoms with Gasteiger partial charge in [0.05, 0.1) is 11.0 Å². The Morgan fingerprint density at radius 1 is 1.24 bits per heavy atom. The van der Waals surface area contributed by atoms with E-state index in [4.69, 9.17) is 0 Å². The summed E-state index contributed by atoms with van der Waals surface area (Å²) in [6.07, 6.45) is 0. The zero-order valence-corrected chi connectivity index (χ0v) is 13.8. The maximum Gasteiger partial charge on any atom is 0.221 e. The Morgan fingerprint density at radius 3 is 2.48 bits per heavy atom. The topological polar surface area (TPSA) is 75.3 Å². The normalized spacial score (nSPS) is 13.2. The molecule has 0 radical (unpaired) electrons. The van der Waals surface area contributed by atoms with E-state index >= 15 is 0 Å². The molecule has 0 saturated carbocycles. The van der Waals surface area contributed by atoms with Gasteiger partial charge in [0.2, 0.25) is 5.91 Å². The molecule has 0 spiro atoms. The summed E-state index contributed by atoms with van der Waals surface area (Å²) in [6.45, 7) is 7.22. The minimum absolute atomic E-state index is 0.0149. The SMILES string of the molecule is CC(=O)Nc1cccc(C(C)NCCS(=O)(=O)C(C)C)c1. The molecule has 1 aromatic carbocycles. The van der Waals surface area contributed by atoms with E-state index in [1.165, 1.54) is 6.92 Å². The number of anilines is 1. The summed E-state index contributed by atoms with van der Waals surface area (Å²) in [4.78, 5) is 11.0. The van der Waals surface area contributed by atoms with Crippen LogP contribution in [0.3, 0.4) is 0 Å². The van der Waals surface area contributed by atoms with E-state index in [0.717, 1.165) is 11.3 Å². The number of carbonyl (C=O) groups is 1. The molecule has 0 aromatic heterocycles. The molecule has 0 heterocycles. The average Bonchev–Trinajstić information content (AvgIpc) is 2.37. The molecule has 5 nitrogen and oxygen atoms in total. The molecule has 1 rings (SSSR count). The number of hydrogen-bond acceptors (Lipinski definition) is 4. The van der Waals surface area contributed by atoms with Gasteiger partial charge >= 0.3 is 0 Å². The lowest BCUT2D eigenvalue weighted by Gasteiger charge is -2.16. The quantitative estimate of drug-likeness (QED) is 0.808. The second kappa shape index (κ2) is 7.56. The highest BCUT2D eigenvalue weighted by molar-refractivity contribution is 7.92. The van der Waals surface area contributed by atoms with Crippen LogP contribution in [0.25, 0.3) is 0 Å². The third kappa shape index (κ3) is 5.85. The molecule has 118 valence electrons. The molecule has 1 aromatic rings. The summed E-state index contributed by atoms with van der Waals surface area (Å²) < 4.78 is 23.5. The fourth-order valence-corrected chi connectivity index (χ4v) is 2.73. The molecule has 2 N–H and O–H groups in total. The zero-order chi connectivity index (χ0) is 16.0. The largest absolute Gasteiger partial charge is 0.326 e. The van der Waals surface area contributed by atoms with Gasteiger partial charge in [0.25, 0.3) is 0 Å². The molecule has 0 bridgehead atoms. The number of amides is 1. The van der Waals surface area contributed by atoms with Gasteiger partial charge in [-0.3, -0.25) is 4.79 Å². The lowest BCUT2D eigenvalue weighted by molar-refractivity contribution is -0.114. The highest BCUT2D eigenvalue weighted by Gasteiger charge is 2.16. The van der Waals surface area contributed by atoms with Crippen LogP contribution in [0.2, 0.25) is 0 Å². The molecule has 21 heavy (non-hydrogen) atoms. The highest BCUT2D eigenvalue weighted by atomic mass is 32.2. The van der Waals surface area contributed by atoms with Crippen molar-refractivity contribution < 1.29 is 13.2 Å². The molecule has 1 atom stereocenters. The summed E-state index contributed by atoms with van der Waals surface area (Å²) in [6, 6.07) is 7.53. The van der Waals surface area contributed by atoms with Crippen LogP contribution in [0, 0.1) is 0 Å². The van der Waals surface area contributed by atoms with Gasteiger partial charge in [-0.2, -0.15) is 0 Å². The van der Waals surface area contributed by atoms with Gasteiger partial charge in [-0.25, -0.2) is 8.42 Å². The fourth-order valence-electron chi connectivity index (χ4n) is 1.86. The van der Waals surface area contributed by atoms with Crippen molar-refractivity contribution in [3.8, 4) is 0 Å². The van der Waals surface area contributed by atoms with Gasteiger partial charge in [-0.05, 0) is 38.5 Å². The number of sulfone groups is 1. The number of hydrogen-bond donors (Lipinski definition) is 2. The number of carbonyl (C=O) groups excluding carboxylic acids is 1. The van der Waals surface area contributed by atoms with Crippen LogP contribution in [0.5, 0.6) is 0 Å². The van der Waals surface area contributed by atoms with Crippen molar-refractivity contribution in [3.63, 3.8) is 0 Å². The average molecular weight is 312 g/mol. The van der Waals surface area contributed by atoms with Gasteiger partial charge in [-0.15, -0.1) is 0 Å². The van der Waals surface area contributed by atoms with Crippen LogP contribution < -0.4 is 10.6 Å². The van der Waals surface area contributed by atoms with Gasteiger partial charge < -0.3 is 10.6 Å². The molecule has 0 aliphatic rings. The fraction of sp³-hybridized carbons (Fsp3) is 0.533.